The predicted octanol–water partition coefficient (Wildman–Crippen LogP) is 0.864. The van der Waals surface area contributed by atoms with Crippen molar-refractivity contribution in [2.24, 2.45) is 11.3 Å². The van der Waals surface area contributed by atoms with Crippen molar-refractivity contribution in [3.05, 3.63) is 53.7 Å². The lowest BCUT2D eigenvalue weighted by Gasteiger charge is -2.67. The molecule has 2 saturated carbocycles. The van der Waals surface area contributed by atoms with Gasteiger partial charge in [0.15, 0.2) is 35.6 Å². The number of hydrogen-bond acceptors (Lipinski definition) is 21. The number of carbonyl (C=O) groups is 8. The SMILES string of the molecule is CC(=O)OC[C@]12[C@H](OC(C)=O)[C@H](OC(C)=O)[C@@H]3[C@@H](OC(C)=O)[C@@]14O[C@@]3(C)COC(=O)c1cccnc1CC[C@](C)(O)C(=O)O[C@@H]([C@H](OC(=O)c1ccoc1)[C@@H]2OC(C)=O)[C@@]4(C)O. The summed E-state index contributed by atoms with van der Waals surface area (Å²) in [6.07, 6.45) is -10.1. The third-order valence-corrected chi connectivity index (χ3v) is 11.9. The lowest BCUT2D eigenvalue weighted by molar-refractivity contribution is -0.386. The maximum atomic E-state index is 14.4. The molecule has 2 N–H and O–H groups in total. The summed E-state index contributed by atoms with van der Waals surface area (Å²) >= 11 is 0. The highest BCUT2D eigenvalue weighted by Crippen LogP contribution is 2.70. The molecule has 4 aliphatic rings. The molecule has 336 valence electrons. The monoisotopic (exact) mass is 873 g/mol. The molecule has 62 heavy (non-hydrogen) atoms. The molecule has 4 bridgehead atoms. The van der Waals surface area contributed by atoms with Gasteiger partial charge in [0.25, 0.3) is 0 Å². The summed E-state index contributed by atoms with van der Waals surface area (Å²) in [5.74, 6) is -10.7. The number of carbonyl (C=O) groups excluding carboxylic acids is 8. The minimum atomic E-state index is -3.00. The molecule has 2 aromatic rings. The molecule has 1 saturated heterocycles. The van der Waals surface area contributed by atoms with Crippen molar-refractivity contribution in [2.75, 3.05) is 13.2 Å². The number of furan rings is 1. The van der Waals surface area contributed by atoms with Gasteiger partial charge in [0.2, 0.25) is 0 Å². The first-order valence-electron chi connectivity index (χ1n) is 19.5. The third kappa shape index (κ3) is 7.54. The Morgan fingerprint density at radius 3 is 2.00 bits per heavy atom. The topological polar surface area (TPSA) is 286 Å². The van der Waals surface area contributed by atoms with Gasteiger partial charge in [0, 0.05) is 40.8 Å². The van der Waals surface area contributed by atoms with Gasteiger partial charge in [-0.1, -0.05) is 0 Å². The Labute approximate surface area is 353 Å². The Kier molecular flexibility index (Phi) is 12.1. The first-order valence-corrected chi connectivity index (χ1v) is 19.5. The van der Waals surface area contributed by atoms with Crippen molar-refractivity contribution in [1.29, 1.82) is 0 Å². The van der Waals surface area contributed by atoms with Gasteiger partial charge >= 0.3 is 47.8 Å². The van der Waals surface area contributed by atoms with Crippen LogP contribution in [0.1, 0.15) is 88.2 Å². The average molecular weight is 874 g/mol. The molecule has 0 radical (unpaired) electrons. The Morgan fingerprint density at radius 1 is 0.806 bits per heavy atom. The molecule has 21 nitrogen and oxygen atoms in total. The molecule has 1 spiro atoms. The first-order chi connectivity index (χ1) is 28.9. The van der Waals surface area contributed by atoms with Gasteiger partial charge in [-0.25, -0.2) is 14.4 Å². The van der Waals surface area contributed by atoms with Gasteiger partial charge in [-0.15, -0.1) is 0 Å². The van der Waals surface area contributed by atoms with Crippen molar-refractivity contribution in [3.8, 4) is 0 Å². The summed E-state index contributed by atoms with van der Waals surface area (Å²) in [5, 5.41) is 25.3. The normalized spacial score (nSPS) is 36.3. The van der Waals surface area contributed by atoms with Gasteiger partial charge in [-0.2, -0.15) is 0 Å². The van der Waals surface area contributed by atoms with E-state index in [1.807, 2.05) is 0 Å². The maximum absolute atomic E-state index is 14.4. The van der Waals surface area contributed by atoms with E-state index in [4.69, 9.17) is 47.0 Å². The third-order valence-electron chi connectivity index (χ3n) is 11.9. The number of aromatic nitrogens is 1. The fourth-order valence-electron chi connectivity index (χ4n) is 9.53. The van der Waals surface area contributed by atoms with Crippen LogP contribution in [-0.2, 0) is 77.8 Å². The van der Waals surface area contributed by atoms with Crippen LogP contribution >= 0.6 is 0 Å². The number of aliphatic hydroxyl groups is 2. The largest absolute Gasteiger partial charge is 0.472 e. The summed E-state index contributed by atoms with van der Waals surface area (Å²) in [7, 11) is 0. The van der Waals surface area contributed by atoms with Crippen LogP contribution in [0.2, 0.25) is 0 Å². The molecule has 2 aromatic heterocycles. The van der Waals surface area contributed by atoms with Crippen LogP contribution in [0.5, 0.6) is 0 Å². The van der Waals surface area contributed by atoms with Crippen molar-refractivity contribution in [1.82, 2.24) is 4.98 Å². The van der Waals surface area contributed by atoms with Gasteiger partial charge in [-0.05, 0) is 51.8 Å². The number of ether oxygens (including phenoxy) is 9. The number of esters is 8. The minimum absolute atomic E-state index is 0.0776. The smallest absolute Gasteiger partial charge is 0.341 e. The standard InChI is InChI=1S/C41H47NO20/c1-19(43)54-18-40-32(58-22(4)46)28(56-20(2)44)27-30(57-21(3)45)41(40)39(8,52)31(29(33(40)59-23(5)47)60-34(48)24-12-15-53-16-24)61-36(50)37(6,51)13-11-26-25(10-9-14-42-26)35(49)55-17-38(27,7)62-41/h9-10,12,14-16,27-33,51-52H,11,13,17-18H2,1-8H3/t27-,28-,29+,30-,31+,32-,33+,37+,38+,39-,40-,41+/m1/s1. The summed E-state index contributed by atoms with van der Waals surface area (Å²) in [4.78, 5) is 113. The van der Waals surface area contributed by atoms with E-state index in [-0.39, 0.29) is 23.2 Å². The quantitative estimate of drug-likeness (QED) is 0.275. The maximum Gasteiger partial charge on any atom is 0.341 e. The Hall–Kier alpha value is -5.93. The molecule has 21 heteroatoms. The molecular weight excluding hydrogens is 826 g/mol. The molecule has 0 unspecified atom stereocenters. The van der Waals surface area contributed by atoms with E-state index in [0.717, 1.165) is 61.0 Å². The lowest BCUT2D eigenvalue weighted by Crippen LogP contribution is -2.89. The highest BCUT2D eigenvalue weighted by atomic mass is 16.7. The van der Waals surface area contributed by atoms with E-state index in [1.165, 1.54) is 31.3 Å². The van der Waals surface area contributed by atoms with Crippen LogP contribution in [0.25, 0.3) is 0 Å². The van der Waals surface area contributed by atoms with Gasteiger partial charge in [0.1, 0.15) is 48.3 Å². The Balaban J connectivity index is 1.79. The number of pyridine rings is 1. The number of fused-ring (bicyclic) bond motifs is 5. The minimum Gasteiger partial charge on any atom is -0.472 e. The molecule has 2 aliphatic carbocycles. The van der Waals surface area contributed by atoms with Crippen molar-refractivity contribution < 1.29 is 95.6 Å². The average Bonchev–Trinajstić information content (AvgIpc) is 3.79. The van der Waals surface area contributed by atoms with Gasteiger partial charge in [-0.3, -0.25) is 29.0 Å². The van der Waals surface area contributed by atoms with E-state index in [2.05, 4.69) is 4.98 Å². The van der Waals surface area contributed by atoms with E-state index in [0.29, 0.717) is 0 Å². The van der Waals surface area contributed by atoms with Crippen LogP contribution < -0.4 is 0 Å². The summed E-state index contributed by atoms with van der Waals surface area (Å²) < 4.78 is 59.6. The van der Waals surface area contributed by atoms with Crippen LogP contribution in [-0.4, -0.2) is 135 Å². The van der Waals surface area contributed by atoms with Crippen LogP contribution in [0.3, 0.4) is 0 Å². The second-order valence-electron chi connectivity index (χ2n) is 16.4. The predicted molar refractivity (Wildman–Crippen MR) is 199 cm³/mol. The number of rotatable bonds is 8. The molecule has 0 amide bonds. The fraction of sp³-hybridized carbons (Fsp3) is 0.585. The van der Waals surface area contributed by atoms with E-state index in [9.17, 15) is 48.6 Å². The van der Waals surface area contributed by atoms with Crippen molar-refractivity contribution in [3.63, 3.8) is 0 Å². The summed E-state index contributed by atoms with van der Waals surface area (Å²) in [6, 6.07) is 3.99. The summed E-state index contributed by atoms with van der Waals surface area (Å²) in [5.41, 5.74) is -13.5. The lowest BCUT2D eigenvalue weighted by atomic mass is 9.45. The number of nitrogens with zero attached hydrogens (tertiary/aromatic N) is 1. The van der Waals surface area contributed by atoms with Crippen LogP contribution in [0, 0.1) is 11.3 Å². The molecule has 4 heterocycles. The Morgan fingerprint density at radius 2 is 1.42 bits per heavy atom. The van der Waals surface area contributed by atoms with Crippen molar-refractivity contribution in [2.45, 2.75) is 127 Å². The zero-order valence-electron chi connectivity index (χ0n) is 35.0. The van der Waals surface area contributed by atoms with E-state index < -0.39 is 138 Å². The Bertz CT molecular complexity index is 2150. The highest BCUT2D eigenvalue weighted by molar-refractivity contribution is 5.91. The molecular formula is C41H47NO20. The molecule has 0 aromatic carbocycles. The summed E-state index contributed by atoms with van der Waals surface area (Å²) in [6.45, 7) is 6.25. The molecule has 12 atom stereocenters. The number of cyclic esters (lactones) is 1. The molecule has 6 rings (SSSR count). The van der Waals surface area contributed by atoms with Gasteiger partial charge < -0.3 is 57.3 Å². The number of aryl methyl sites for hydroxylation is 1. The number of hydrogen-bond donors (Lipinski definition) is 2. The highest BCUT2D eigenvalue weighted by Gasteiger charge is 2.92. The second-order valence-corrected chi connectivity index (χ2v) is 16.4. The zero-order chi connectivity index (χ0) is 45.7. The van der Waals surface area contributed by atoms with E-state index in [1.54, 1.807) is 0 Å². The second kappa shape index (κ2) is 16.4. The van der Waals surface area contributed by atoms with Crippen LogP contribution in [0.15, 0.2) is 41.3 Å². The zero-order valence-corrected chi connectivity index (χ0v) is 35.0. The first kappa shape index (κ1) is 45.6. The molecule has 2 aliphatic heterocycles. The van der Waals surface area contributed by atoms with Gasteiger partial charge in [0.05, 0.1) is 29.0 Å². The fourth-order valence-corrected chi connectivity index (χ4v) is 9.53. The molecule has 3 fully saturated rings. The van der Waals surface area contributed by atoms with Crippen LogP contribution in [0.4, 0.5) is 0 Å². The van der Waals surface area contributed by atoms with E-state index >= 15 is 0 Å². The van der Waals surface area contributed by atoms with Crippen molar-refractivity contribution >= 4 is 47.8 Å².